The molecule has 1 N–H and O–H groups in total. The number of hydrogen-bond donors (Lipinski definition) is 1. The van der Waals surface area contributed by atoms with Crippen LogP contribution in [0.15, 0.2) is 48.2 Å². The molecule has 1 amide bonds. The van der Waals surface area contributed by atoms with Crippen molar-refractivity contribution in [1.29, 1.82) is 0 Å². The molecule has 3 rings (SSSR count). The van der Waals surface area contributed by atoms with Gasteiger partial charge >= 0.3 is 0 Å². The number of unbranched alkanes of at least 4 members (excludes halogenated alkanes) is 1. The van der Waals surface area contributed by atoms with Crippen molar-refractivity contribution in [3.8, 4) is 11.5 Å². The molecule has 0 aliphatic carbocycles. The third kappa shape index (κ3) is 5.12. The van der Waals surface area contributed by atoms with Crippen LogP contribution in [-0.4, -0.2) is 29.6 Å². The van der Waals surface area contributed by atoms with Gasteiger partial charge in [-0.05, 0) is 66.7 Å². The summed E-state index contributed by atoms with van der Waals surface area (Å²) in [6.07, 6.45) is 3.65. The highest BCUT2D eigenvalue weighted by Gasteiger charge is 2.29. The molecule has 1 aliphatic rings. The number of nitrogens with one attached hydrogen (secondary N) is 1. The van der Waals surface area contributed by atoms with Gasteiger partial charge in [-0.1, -0.05) is 19.4 Å². The van der Waals surface area contributed by atoms with Gasteiger partial charge in [0.05, 0.1) is 7.11 Å². The van der Waals surface area contributed by atoms with Gasteiger partial charge in [-0.25, -0.2) is 4.39 Å². The van der Waals surface area contributed by atoms with Gasteiger partial charge in [0.2, 0.25) is 0 Å². The molecule has 1 heterocycles. The highest BCUT2D eigenvalue weighted by molar-refractivity contribution is 7.80. The topological polar surface area (TPSA) is 50.8 Å². The first kappa shape index (κ1) is 20.8. The van der Waals surface area contributed by atoms with Crippen LogP contribution in [0.3, 0.4) is 0 Å². The number of carbonyl (C=O) groups excluding carboxylic acids is 1. The average molecular weight is 415 g/mol. The van der Waals surface area contributed by atoms with Gasteiger partial charge in [0.15, 0.2) is 5.11 Å². The highest BCUT2D eigenvalue weighted by atomic mass is 32.1. The summed E-state index contributed by atoms with van der Waals surface area (Å²) in [6, 6.07) is 11.4. The van der Waals surface area contributed by atoms with Crippen LogP contribution in [0.5, 0.6) is 11.5 Å². The second-order valence-corrected chi connectivity index (χ2v) is 7.00. The molecule has 152 valence electrons. The van der Waals surface area contributed by atoms with E-state index in [0.717, 1.165) is 24.0 Å². The number of halogens is 1. The maximum Gasteiger partial charge on any atom is 0.276 e. The van der Waals surface area contributed by atoms with Gasteiger partial charge < -0.3 is 14.8 Å². The smallest absolute Gasteiger partial charge is 0.276 e. The first-order chi connectivity index (χ1) is 14.0. The van der Waals surface area contributed by atoms with Crippen LogP contribution in [0.4, 0.5) is 4.39 Å². The van der Waals surface area contributed by atoms with Crippen LogP contribution in [0.2, 0.25) is 0 Å². The molecule has 0 radical (unpaired) electrons. The summed E-state index contributed by atoms with van der Waals surface area (Å²) in [6.45, 7) is 2.92. The maximum absolute atomic E-state index is 13.0. The molecule has 2 aromatic carbocycles. The van der Waals surface area contributed by atoms with Crippen molar-refractivity contribution in [2.24, 2.45) is 0 Å². The van der Waals surface area contributed by atoms with Crippen LogP contribution in [0, 0.1) is 5.82 Å². The van der Waals surface area contributed by atoms with Gasteiger partial charge in [0.25, 0.3) is 5.91 Å². The lowest BCUT2D eigenvalue weighted by Crippen LogP contribution is -2.31. The lowest BCUT2D eigenvalue weighted by atomic mass is 10.1. The highest BCUT2D eigenvalue weighted by Crippen LogP contribution is 2.24. The van der Waals surface area contributed by atoms with E-state index < -0.39 is 0 Å². The maximum atomic E-state index is 13.0. The minimum Gasteiger partial charge on any atom is -0.496 e. The minimum atomic E-state index is -0.317. The van der Waals surface area contributed by atoms with Crippen LogP contribution >= 0.6 is 12.2 Å². The number of nitrogens with zero attached hydrogens (tertiary/aromatic N) is 1. The van der Waals surface area contributed by atoms with Crippen LogP contribution in [-0.2, 0) is 11.4 Å². The van der Waals surface area contributed by atoms with E-state index >= 15 is 0 Å². The Hall–Kier alpha value is -2.93. The van der Waals surface area contributed by atoms with Crippen molar-refractivity contribution in [3.05, 3.63) is 65.1 Å². The standard InChI is InChI=1S/C22H23FN2O3S/c1-3-4-11-25-21(26)19(24-22(25)29)13-15-5-10-20(27-2)16(12-15)14-28-18-8-6-17(23)7-9-18/h5-10,12-13H,3-4,11,14H2,1-2H3,(H,24,29)/b19-13+. The van der Waals surface area contributed by atoms with E-state index in [2.05, 4.69) is 12.2 Å². The molecule has 2 aromatic rings. The molecular formula is C22H23FN2O3S. The third-order valence-electron chi connectivity index (χ3n) is 4.52. The molecule has 7 heteroatoms. The Morgan fingerprint density at radius 2 is 1.97 bits per heavy atom. The number of thiocarbonyl (C=S) groups is 1. The molecular weight excluding hydrogens is 391 g/mol. The molecule has 5 nitrogen and oxygen atoms in total. The summed E-state index contributed by atoms with van der Waals surface area (Å²) < 4.78 is 24.2. The monoisotopic (exact) mass is 414 g/mol. The van der Waals surface area contributed by atoms with Gasteiger partial charge in [-0.15, -0.1) is 0 Å². The van der Waals surface area contributed by atoms with E-state index in [9.17, 15) is 9.18 Å². The Bertz CT molecular complexity index is 928. The fourth-order valence-electron chi connectivity index (χ4n) is 2.95. The SMILES string of the molecule is CCCCN1C(=O)/C(=C\c2ccc(OC)c(COc3ccc(F)cc3)c2)NC1=S. The fraction of sp³-hybridized carbons (Fsp3) is 0.273. The summed E-state index contributed by atoms with van der Waals surface area (Å²) in [5, 5.41) is 3.43. The van der Waals surface area contributed by atoms with Crippen molar-refractivity contribution < 1.29 is 18.7 Å². The van der Waals surface area contributed by atoms with E-state index in [1.54, 1.807) is 30.2 Å². The number of methoxy groups -OCH3 is 1. The molecule has 0 aromatic heterocycles. The van der Waals surface area contributed by atoms with Crippen LogP contribution < -0.4 is 14.8 Å². The molecule has 0 spiro atoms. The lowest BCUT2D eigenvalue weighted by Gasteiger charge is -2.12. The number of benzene rings is 2. The molecule has 1 aliphatic heterocycles. The molecule has 0 unspecified atom stereocenters. The zero-order valence-electron chi connectivity index (χ0n) is 16.4. The van der Waals surface area contributed by atoms with Crippen molar-refractivity contribution in [3.63, 3.8) is 0 Å². The summed E-state index contributed by atoms with van der Waals surface area (Å²) >= 11 is 5.28. The van der Waals surface area contributed by atoms with Crippen molar-refractivity contribution >= 4 is 29.3 Å². The van der Waals surface area contributed by atoms with E-state index in [1.165, 1.54) is 12.1 Å². The largest absolute Gasteiger partial charge is 0.496 e. The van der Waals surface area contributed by atoms with Crippen molar-refractivity contribution in [2.45, 2.75) is 26.4 Å². The summed E-state index contributed by atoms with van der Waals surface area (Å²) in [5.74, 6) is 0.786. The molecule has 0 saturated carbocycles. The Balaban J connectivity index is 1.77. The Kier molecular flexibility index (Phi) is 6.82. The van der Waals surface area contributed by atoms with Gasteiger partial charge in [0, 0.05) is 12.1 Å². The van der Waals surface area contributed by atoms with Crippen LogP contribution in [0.25, 0.3) is 6.08 Å². The third-order valence-corrected chi connectivity index (χ3v) is 4.84. The lowest BCUT2D eigenvalue weighted by molar-refractivity contribution is -0.122. The van der Waals surface area contributed by atoms with Crippen molar-refractivity contribution in [2.75, 3.05) is 13.7 Å². The van der Waals surface area contributed by atoms with E-state index in [-0.39, 0.29) is 18.3 Å². The first-order valence-electron chi connectivity index (χ1n) is 9.41. The molecule has 1 saturated heterocycles. The Morgan fingerprint density at radius 1 is 1.21 bits per heavy atom. The van der Waals surface area contributed by atoms with Crippen molar-refractivity contribution in [1.82, 2.24) is 10.2 Å². The summed E-state index contributed by atoms with van der Waals surface area (Å²) in [7, 11) is 1.58. The van der Waals surface area contributed by atoms with Gasteiger partial charge in [-0.2, -0.15) is 0 Å². The van der Waals surface area contributed by atoms with E-state index in [1.807, 2.05) is 18.2 Å². The predicted octanol–water partition coefficient (Wildman–Crippen LogP) is 4.27. The molecule has 0 bridgehead atoms. The van der Waals surface area contributed by atoms with E-state index in [0.29, 0.717) is 28.9 Å². The summed E-state index contributed by atoms with van der Waals surface area (Å²) in [5.41, 5.74) is 2.07. The second kappa shape index (κ2) is 9.52. The van der Waals surface area contributed by atoms with Crippen LogP contribution in [0.1, 0.15) is 30.9 Å². The molecule has 0 atom stereocenters. The predicted molar refractivity (Wildman–Crippen MR) is 114 cm³/mol. The van der Waals surface area contributed by atoms with Gasteiger partial charge in [0.1, 0.15) is 29.6 Å². The second-order valence-electron chi connectivity index (χ2n) is 6.61. The number of ether oxygens (including phenoxy) is 2. The Labute approximate surface area is 175 Å². The zero-order chi connectivity index (χ0) is 20.8. The number of rotatable bonds is 8. The first-order valence-corrected chi connectivity index (χ1v) is 9.82. The fourth-order valence-corrected chi connectivity index (χ4v) is 3.23. The number of amides is 1. The molecule has 29 heavy (non-hydrogen) atoms. The normalized spacial score (nSPS) is 15.0. The van der Waals surface area contributed by atoms with E-state index in [4.69, 9.17) is 21.7 Å². The molecule has 1 fully saturated rings. The Morgan fingerprint density at radius 3 is 2.66 bits per heavy atom. The zero-order valence-corrected chi connectivity index (χ0v) is 17.2. The number of carbonyl (C=O) groups is 1. The quantitative estimate of drug-likeness (QED) is 0.516. The summed E-state index contributed by atoms with van der Waals surface area (Å²) in [4.78, 5) is 14.2. The minimum absolute atomic E-state index is 0.122. The number of hydrogen-bond acceptors (Lipinski definition) is 4. The van der Waals surface area contributed by atoms with Gasteiger partial charge in [-0.3, -0.25) is 9.69 Å². The average Bonchev–Trinajstić information content (AvgIpc) is 2.98.